The molecule has 3 aromatic rings. The smallest absolute Gasteiger partial charge is 0.341 e. The minimum Gasteiger partial charge on any atom is -0.456 e. The van der Waals surface area contributed by atoms with Gasteiger partial charge in [-0.05, 0) is 26.0 Å². The second-order valence-corrected chi connectivity index (χ2v) is 8.93. The van der Waals surface area contributed by atoms with E-state index in [2.05, 4.69) is 10.3 Å². The SMILES string of the molecule is CCOP(=O)(CC(Cn1cc(-c2ccccc2)nn1)OC(=O)c1ccccc1F)OCC. The van der Waals surface area contributed by atoms with Gasteiger partial charge in [0.2, 0.25) is 0 Å². The number of halogens is 1. The van der Waals surface area contributed by atoms with E-state index in [1.165, 1.54) is 28.9 Å². The number of rotatable bonds is 11. The monoisotopic (exact) mass is 461 g/mol. The molecule has 1 heterocycles. The first-order valence-electron chi connectivity index (χ1n) is 10.2. The Bertz CT molecular complexity index is 1070. The predicted octanol–water partition coefficient (Wildman–Crippen LogP) is 4.58. The van der Waals surface area contributed by atoms with Crippen molar-refractivity contribution in [3.05, 3.63) is 72.2 Å². The molecule has 0 amide bonds. The van der Waals surface area contributed by atoms with Crippen molar-refractivity contribution in [2.24, 2.45) is 0 Å². The van der Waals surface area contributed by atoms with E-state index in [-0.39, 0.29) is 31.5 Å². The van der Waals surface area contributed by atoms with Crippen molar-refractivity contribution in [1.29, 1.82) is 0 Å². The summed E-state index contributed by atoms with van der Waals surface area (Å²) >= 11 is 0. The molecule has 32 heavy (non-hydrogen) atoms. The largest absolute Gasteiger partial charge is 0.456 e. The third kappa shape index (κ3) is 6.32. The molecule has 0 radical (unpaired) electrons. The number of hydrogen-bond donors (Lipinski definition) is 0. The first kappa shape index (κ1) is 23.8. The van der Waals surface area contributed by atoms with Crippen molar-refractivity contribution in [2.75, 3.05) is 19.4 Å². The Morgan fingerprint density at radius 2 is 1.72 bits per heavy atom. The highest BCUT2D eigenvalue weighted by molar-refractivity contribution is 7.53. The fraction of sp³-hybridized carbons (Fsp3) is 0.318. The highest BCUT2D eigenvalue weighted by Crippen LogP contribution is 2.49. The Kier molecular flexibility index (Phi) is 8.27. The summed E-state index contributed by atoms with van der Waals surface area (Å²) in [5, 5.41) is 8.22. The van der Waals surface area contributed by atoms with Gasteiger partial charge in [0.05, 0.1) is 37.7 Å². The van der Waals surface area contributed by atoms with Crippen molar-refractivity contribution in [3.8, 4) is 11.3 Å². The number of nitrogens with zero attached hydrogens (tertiary/aromatic N) is 3. The maximum Gasteiger partial charge on any atom is 0.341 e. The Morgan fingerprint density at radius 3 is 2.38 bits per heavy atom. The maximum atomic E-state index is 14.1. The summed E-state index contributed by atoms with van der Waals surface area (Å²) in [6.07, 6.45) is 0.511. The molecule has 0 aliphatic rings. The van der Waals surface area contributed by atoms with Crippen LogP contribution in [0.5, 0.6) is 0 Å². The third-order valence-electron chi connectivity index (χ3n) is 4.45. The number of aromatic nitrogens is 3. The second kappa shape index (κ2) is 11.1. The molecule has 1 aromatic heterocycles. The van der Waals surface area contributed by atoms with Crippen LogP contribution in [0.3, 0.4) is 0 Å². The van der Waals surface area contributed by atoms with Crippen molar-refractivity contribution in [3.63, 3.8) is 0 Å². The van der Waals surface area contributed by atoms with E-state index >= 15 is 0 Å². The Balaban J connectivity index is 1.83. The molecule has 10 heteroatoms. The van der Waals surface area contributed by atoms with Crippen LogP contribution in [0, 0.1) is 5.82 Å². The van der Waals surface area contributed by atoms with Crippen molar-refractivity contribution < 1.29 is 27.5 Å². The highest BCUT2D eigenvalue weighted by atomic mass is 31.2. The lowest BCUT2D eigenvalue weighted by Gasteiger charge is -2.23. The molecule has 170 valence electrons. The van der Waals surface area contributed by atoms with Crippen LogP contribution < -0.4 is 0 Å². The molecular weight excluding hydrogens is 436 g/mol. The van der Waals surface area contributed by atoms with Crippen LogP contribution in [0.2, 0.25) is 0 Å². The van der Waals surface area contributed by atoms with E-state index in [1.807, 2.05) is 30.3 Å². The molecular formula is C22H25FN3O5P. The van der Waals surface area contributed by atoms with Crippen LogP contribution >= 0.6 is 7.60 Å². The topological polar surface area (TPSA) is 92.5 Å². The van der Waals surface area contributed by atoms with Gasteiger partial charge in [-0.25, -0.2) is 13.9 Å². The zero-order chi connectivity index (χ0) is 23.0. The summed E-state index contributed by atoms with van der Waals surface area (Å²) in [6, 6.07) is 14.9. The number of hydrogen-bond acceptors (Lipinski definition) is 7. The molecule has 8 nitrogen and oxygen atoms in total. The van der Waals surface area contributed by atoms with E-state index in [0.717, 1.165) is 5.56 Å². The standard InChI is InChI=1S/C22H25FN3O5P/c1-3-29-32(28,30-4-2)16-18(31-22(27)19-12-8-9-13-20(19)23)14-26-15-21(24-25-26)17-10-6-5-7-11-17/h5-13,15,18H,3-4,14,16H2,1-2H3. The minimum absolute atomic E-state index is 0.0319. The van der Waals surface area contributed by atoms with E-state index in [4.69, 9.17) is 13.8 Å². The van der Waals surface area contributed by atoms with Crippen molar-refractivity contribution >= 4 is 13.6 Å². The molecule has 0 saturated carbocycles. The van der Waals surface area contributed by atoms with Crippen LogP contribution in [0.4, 0.5) is 4.39 Å². The molecule has 0 saturated heterocycles. The van der Waals surface area contributed by atoms with E-state index in [9.17, 15) is 13.8 Å². The van der Waals surface area contributed by atoms with Gasteiger partial charge in [-0.2, -0.15) is 0 Å². The molecule has 3 rings (SSSR count). The average Bonchev–Trinajstić information content (AvgIpc) is 3.23. The summed E-state index contributed by atoms with van der Waals surface area (Å²) in [5.41, 5.74) is 1.28. The molecule has 0 aliphatic carbocycles. The molecule has 0 aliphatic heterocycles. The van der Waals surface area contributed by atoms with E-state index < -0.39 is 25.5 Å². The molecule has 0 fully saturated rings. The highest BCUT2D eigenvalue weighted by Gasteiger charge is 2.32. The number of ether oxygens (including phenoxy) is 1. The minimum atomic E-state index is -3.56. The van der Waals surface area contributed by atoms with Gasteiger partial charge in [0.25, 0.3) is 0 Å². The zero-order valence-corrected chi connectivity index (χ0v) is 18.8. The fourth-order valence-electron chi connectivity index (χ4n) is 3.10. The molecule has 1 unspecified atom stereocenters. The average molecular weight is 461 g/mol. The van der Waals surface area contributed by atoms with Crippen molar-refractivity contribution in [1.82, 2.24) is 15.0 Å². The van der Waals surface area contributed by atoms with Crippen LogP contribution in [0.15, 0.2) is 60.8 Å². The van der Waals surface area contributed by atoms with Gasteiger partial charge in [-0.15, -0.1) is 5.10 Å². The number of carbonyl (C=O) groups excluding carboxylic acids is 1. The molecule has 0 spiro atoms. The van der Waals surface area contributed by atoms with Crippen LogP contribution in [0.25, 0.3) is 11.3 Å². The normalized spacial score (nSPS) is 12.5. The quantitative estimate of drug-likeness (QED) is 0.305. The third-order valence-corrected chi connectivity index (χ3v) is 6.60. The van der Waals surface area contributed by atoms with Gasteiger partial charge in [0.15, 0.2) is 0 Å². The van der Waals surface area contributed by atoms with E-state index in [0.29, 0.717) is 5.69 Å². The van der Waals surface area contributed by atoms with Gasteiger partial charge in [0, 0.05) is 5.56 Å². The van der Waals surface area contributed by atoms with Gasteiger partial charge < -0.3 is 13.8 Å². The maximum absolute atomic E-state index is 14.1. The lowest BCUT2D eigenvalue weighted by molar-refractivity contribution is 0.0284. The Labute approximate surface area is 185 Å². The number of esters is 1. The summed E-state index contributed by atoms with van der Waals surface area (Å²) < 4.78 is 44.8. The lowest BCUT2D eigenvalue weighted by atomic mass is 10.2. The molecule has 0 bridgehead atoms. The zero-order valence-electron chi connectivity index (χ0n) is 17.9. The number of carbonyl (C=O) groups is 1. The van der Waals surface area contributed by atoms with Crippen molar-refractivity contribution in [2.45, 2.75) is 26.5 Å². The summed E-state index contributed by atoms with van der Waals surface area (Å²) in [4.78, 5) is 12.6. The first-order chi connectivity index (χ1) is 15.4. The second-order valence-electron chi connectivity index (χ2n) is 6.83. The van der Waals surface area contributed by atoms with Gasteiger partial charge in [-0.1, -0.05) is 47.7 Å². The Hall–Kier alpha value is -2.87. The fourth-order valence-corrected chi connectivity index (χ4v) is 4.86. The van der Waals surface area contributed by atoms with Gasteiger partial charge in [0.1, 0.15) is 17.6 Å². The Morgan fingerprint density at radius 1 is 1.06 bits per heavy atom. The van der Waals surface area contributed by atoms with E-state index in [1.54, 1.807) is 20.0 Å². The molecule has 1 atom stereocenters. The number of benzene rings is 2. The van der Waals surface area contributed by atoms with Crippen LogP contribution in [0.1, 0.15) is 24.2 Å². The summed E-state index contributed by atoms with van der Waals surface area (Å²) in [7, 11) is -3.56. The first-order valence-corrected chi connectivity index (χ1v) is 12.0. The molecule has 0 N–H and O–H groups in total. The van der Waals surface area contributed by atoms with Gasteiger partial charge >= 0.3 is 13.6 Å². The predicted molar refractivity (Wildman–Crippen MR) is 117 cm³/mol. The summed E-state index contributed by atoms with van der Waals surface area (Å²) in [5.74, 6) is -1.59. The van der Waals surface area contributed by atoms with Crippen LogP contribution in [-0.4, -0.2) is 46.4 Å². The lowest BCUT2D eigenvalue weighted by Crippen LogP contribution is -2.29. The van der Waals surface area contributed by atoms with Crippen LogP contribution in [-0.2, 0) is 24.9 Å². The molecule has 2 aromatic carbocycles. The summed E-state index contributed by atoms with van der Waals surface area (Å²) in [6.45, 7) is 3.73. The van der Waals surface area contributed by atoms with Gasteiger partial charge in [-0.3, -0.25) is 4.57 Å².